The molecule has 0 bridgehead atoms. The molecule has 0 saturated heterocycles. The average Bonchev–Trinajstić information content (AvgIpc) is 2.97. The Morgan fingerprint density at radius 2 is 1.87 bits per heavy atom. The van der Waals surface area contributed by atoms with E-state index in [9.17, 15) is 17.6 Å². The highest BCUT2D eigenvalue weighted by atomic mass is 32.2. The molecule has 0 fully saturated rings. The van der Waals surface area contributed by atoms with Crippen LogP contribution in [0, 0.1) is 5.82 Å². The van der Waals surface area contributed by atoms with Crippen LogP contribution in [0.15, 0.2) is 47.4 Å². The highest BCUT2D eigenvalue weighted by Crippen LogP contribution is 2.22. The zero-order valence-electron chi connectivity index (χ0n) is 11.6. The SMILES string of the molecule is O=C(CS(=O)(=O)c1cccc2nsnc12)Nc1ccc(F)cc1. The number of rotatable bonds is 4. The van der Waals surface area contributed by atoms with Gasteiger partial charge in [-0.05, 0) is 36.4 Å². The Morgan fingerprint density at radius 1 is 1.13 bits per heavy atom. The summed E-state index contributed by atoms with van der Waals surface area (Å²) in [4.78, 5) is 11.9. The molecule has 3 aromatic rings. The number of carbonyl (C=O) groups is 1. The molecule has 118 valence electrons. The smallest absolute Gasteiger partial charge is 0.239 e. The number of carbonyl (C=O) groups excluding carboxylic acids is 1. The van der Waals surface area contributed by atoms with Crippen molar-refractivity contribution in [2.45, 2.75) is 4.90 Å². The van der Waals surface area contributed by atoms with Crippen molar-refractivity contribution in [2.24, 2.45) is 0 Å². The number of nitrogens with zero attached hydrogens (tertiary/aromatic N) is 2. The second kappa shape index (κ2) is 6.01. The third kappa shape index (κ3) is 3.35. The number of anilines is 1. The number of halogens is 1. The second-order valence-electron chi connectivity index (χ2n) is 4.70. The summed E-state index contributed by atoms with van der Waals surface area (Å²) in [6.07, 6.45) is 0. The fourth-order valence-electron chi connectivity index (χ4n) is 2.01. The Balaban J connectivity index is 1.82. The van der Waals surface area contributed by atoms with Crippen LogP contribution >= 0.6 is 11.7 Å². The Bertz CT molecular complexity index is 968. The lowest BCUT2D eigenvalue weighted by Gasteiger charge is -2.07. The molecule has 0 saturated carbocycles. The molecule has 6 nitrogen and oxygen atoms in total. The number of benzene rings is 2. The van der Waals surface area contributed by atoms with Crippen molar-refractivity contribution in [3.05, 3.63) is 48.3 Å². The Morgan fingerprint density at radius 3 is 2.61 bits per heavy atom. The first-order valence-corrected chi connectivity index (χ1v) is 8.83. The molecule has 2 aromatic carbocycles. The van der Waals surface area contributed by atoms with Crippen molar-refractivity contribution in [1.29, 1.82) is 0 Å². The summed E-state index contributed by atoms with van der Waals surface area (Å²) in [5.74, 6) is -1.89. The van der Waals surface area contributed by atoms with Crippen LogP contribution in [0.2, 0.25) is 0 Å². The van der Waals surface area contributed by atoms with E-state index in [4.69, 9.17) is 0 Å². The highest BCUT2D eigenvalue weighted by Gasteiger charge is 2.23. The lowest BCUT2D eigenvalue weighted by molar-refractivity contribution is -0.113. The van der Waals surface area contributed by atoms with Crippen molar-refractivity contribution in [2.75, 3.05) is 11.1 Å². The third-order valence-electron chi connectivity index (χ3n) is 3.03. The number of hydrogen-bond donors (Lipinski definition) is 1. The van der Waals surface area contributed by atoms with E-state index in [0.717, 1.165) is 11.7 Å². The molecule has 1 N–H and O–H groups in total. The summed E-state index contributed by atoms with van der Waals surface area (Å²) >= 11 is 0.905. The van der Waals surface area contributed by atoms with Crippen LogP contribution in [0.1, 0.15) is 0 Å². The molecule has 1 aromatic heterocycles. The normalized spacial score (nSPS) is 11.5. The predicted octanol–water partition coefficient (Wildman–Crippen LogP) is 2.24. The summed E-state index contributed by atoms with van der Waals surface area (Å²) in [5, 5.41) is 2.42. The number of amides is 1. The van der Waals surface area contributed by atoms with Gasteiger partial charge in [0.15, 0.2) is 9.84 Å². The monoisotopic (exact) mass is 351 g/mol. The van der Waals surface area contributed by atoms with Crippen molar-refractivity contribution in [3.8, 4) is 0 Å². The largest absolute Gasteiger partial charge is 0.325 e. The number of sulfone groups is 1. The highest BCUT2D eigenvalue weighted by molar-refractivity contribution is 7.92. The van der Waals surface area contributed by atoms with E-state index in [1.807, 2.05) is 0 Å². The number of hydrogen-bond acceptors (Lipinski definition) is 6. The molecular formula is C14H10FN3O3S2. The molecule has 1 amide bonds. The molecule has 0 radical (unpaired) electrons. The van der Waals surface area contributed by atoms with E-state index in [-0.39, 0.29) is 10.4 Å². The maximum absolute atomic E-state index is 12.8. The fourth-order valence-corrected chi connectivity index (χ4v) is 3.92. The maximum Gasteiger partial charge on any atom is 0.239 e. The quantitative estimate of drug-likeness (QED) is 0.779. The molecule has 0 spiro atoms. The minimum atomic E-state index is -3.87. The van der Waals surface area contributed by atoms with Crippen LogP contribution in [0.25, 0.3) is 11.0 Å². The van der Waals surface area contributed by atoms with Gasteiger partial charge >= 0.3 is 0 Å². The molecular weight excluding hydrogens is 341 g/mol. The Kier molecular flexibility index (Phi) is 4.05. The van der Waals surface area contributed by atoms with Crippen LogP contribution in [0.4, 0.5) is 10.1 Å². The summed E-state index contributed by atoms with van der Waals surface area (Å²) < 4.78 is 45.6. The number of nitrogens with one attached hydrogen (secondary N) is 1. The zero-order chi connectivity index (χ0) is 16.4. The van der Waals surface area contributed by atoms with Gasteiger partial charge in [-0.2, -0.15) is 8.75 Å². The summed E-state index contributed by atoms with van der Waals surface area (Å²) in [5.41, 5.74) is 1.04. The van der Waals surface area contributed by atoms with Gasteiger partial charge in [0.25, 0.3) is 0 Å². The number of aromatic nitrogens is 2. The van der Waals surface area contributed by atoms with E-state index in [0.29, 0.717) is 11.2 Å². The van der Waals surface area contributed by atoms with Crippen molar-refractivity contribution < 1.29 is 17.6 Å². The minimum Gasteiger partial charge on any atom is -0.325 e. The molecule has 9 heteroatoms. The van der Waals surface area contributed by atoms with Crippen LogP contribution < -0.4 is 5.32 Å². The minimum absolute atomic E-state index is 0.0296. The van der Waals surface area contributed by atoms with E-state index >= 15 is 0 Å². The predicted molar refractivity (Wildman–Crippen MR) is 84.5 cm³/mol. The standard InChI is InChI=1S/C14H10FN3O3S2/c15-9-4-6-10(7-5-9)16-13(19)8-23(20,21)12-3-1-2-11-14(12)18-22-17-11/h1-7H,8H2,(H,16,19). The van der Waals surface area contributed by atoms with Gasteiger partial charge in [0.05, 0.1) is 16.6 Å². The maximum atomic E-state index is 12.8. The molecule has 0 aliphatic carbocycles. The van der Waals surface area contributed by atoms with E-state index in [2.05, 4.69) is 14.1 Å². The van der Waals surface area contributed by atoms with E-state index < -0.39 is 27.3 Å². The molecule has 23 heavy (non-hydrogen) atoms. The topological polar surface area (TPSA) is 89.0 Å². The van der Waals surface area contributed by atoms with Gasteiger partial charge in [-0.25, -0.2) is 12.8 Å². The molecule has 0 atom stereocenters. The van der Waals surface area contributed by atoms with Gasteiger partial charge in [0, 0.05) is 5.69 Å². The number of fused-ring (bicyclic) bond motifs is 1. The first-order chi connectivity index (χ1) is 11.0. The van der Waals surface area contributed by atoms with E-state index in [1.54, 1.807) is 12.1 Å². The van der Waals surface area contributed by atoms with Gasteiger partial charge < -0.3 is 5.32 Å². The molecule has 0 unspecified atom stereocenters. The lowest BCUT2D eigenvalue weighted by Crippen LogP contribution is -2.23. The molecule has 1 heterocycles. The summed E-state index contributed by atoms with van der Waals surface area (Å²) in [6, 6.07) is 9.64. The van der Waals surface area contributed by atoms with Gasteiger partial charge in [-0.3, -0.25) is 4.79 Å². The molecule has 0 aliphatic heterocycles. The Labute approximate surface area is 135 Å². The first-order valence-electron chi connectivity index (χ1n) is 6.45. The summed E-state index contributed by atoms with van der Waals surface area (Å²) in [6.45, 7) is 0. The molecule has 0 aliphatic rings. The Hall–Kier alpha value is -2.39. The van der Waals surface area contributed by atoms with Crippen molar-refractivity contribution >= 4 is 44.2 Å². The fraction of sp³-hybridized carbons (Fsp3) is 0.0714. The average molecular weight is 351 g/mol. The van der Waals surface area contributed by atoms with E-state index in [1.165, 1.54) is 30.3 Å². The molecule has 3 rings (SSSR count). The first kappa shape index (κ1) is 15.5. The third-order valence-corrected chi connectivity index (χ3v) is 5.22. The van der Waals surface area contributed by atoms with Gasteiger partial charge in [-0.1, -0.05) is 6.07 Å². The van der Waals surface area contributed by atoms with Gasteiger partial charge in [0.2, 0.25) is 5.91 Å². The zero-order valence-corrected chi connectivity index (χ0v) is 13.2. The van der Waals surface area contributed by atoms with Crippen LogP contribution in [-0.2, 0) is 14.6 Å². The van der Waals surface area contributed by atoms with Crippen LogP contribution in [0.3, 0.4) is 0 Å². The van der Waals surface area contributed by atoms with Crippen molar-refractivity contribution in [3.63, 3.8) is 0 Å². The van der Waals surface area contributed by atoms with Crippen LogP contribution in [0.5, 0.6) is 0 Å². The van der Waals surface area contributed by atoms with Gasteiger partial charge in [0.1, 0.15) is 22.6 Å². The summed E-state index contributed by atoms with van der Waals surface area (Å²) in [7, 11) is -3.87. The van der Waals surface area contributed by atoms with Crippen LogP contribution in [-0.4, -0.2) is 28.8 Å². The lowest BCUT2D eigenvalue weighted by atomic mass is 10.3. The van der Waals surface area contributed by atoms with Gasteiger partial charge in [-0.15, -0.1) is 0 Å². The van der Waals surface area contributed by atoms with Crippen molar-refractivity contribution in [1.82, 2.24) is 8.75 Å². The second-order valence-corrected chi connectivity index (χ2v) is 7.19.